The van der Waals surface area contributed by atoms with Crippen LogP contribution in [0.15, 0.2) is 23.1 Å². The third kappa shape index (κ3) is 4.57. The lowest BCUT2D eigenvalue weighted by Crippen LogP contribution is -2.26. The van der Waals surface area contributed by atoms with Gasteiger partial charge in [0, 0.05) is 11.6 Å². The van der Waals surface area contributed by atoms with Crippen molar-refractivity contribution in [3.05, 3.63) is 28.8 Å². The van der Waals surface area contributed by atoms with Gasteiger partial charge in [-0.15, -0.1) is 0 Å². The molecule has 0 aromatic heterocycles. The number of aryl methyl sites for hydroxylation is 1. The molecule has 0 saturated carbocycles. The summed E-state index contributed by atoms with van der Waals surface area (Å²) in [4.78, 5) is 0.201. The lowest BCUT2D eigenvalue weighted by atomic mass is 10.2. The highest BCUT2D eigenvalue weighted by atomic mass is 35.5. The number of rotatable bonds is 6. The number of sulfonamides is 1. The van der Waals surface area contributed by atoms with E-state index in [4.69, 9.17) is 16.7 Å². The monoisotopic (exact) mass is 291 g/mol. The fourth-order valence-corrected chi connectivity index (χ4v) is 3.12. The van der Waals surface area contributed by atoms with Gasteiger partial charge in [0.25, 0.3) is 0 Å². The van der Waals surface area contributed by atoms with Gasteiger partial charge in [0.05, 0.1) is 11.0 Å². The Balaban J connectivity index is 2.71. The highest BCUT2D eigenvalue weighted by Crippen LogP contribution is 2.19. The Morgan fingerprint density at radius 3 is 2.72 bits per heavy atom. The molecule has 1 atom stereocenters. The van der Waals surface area contributed by atoms with Crippen LogP contribution in [0.25, 0.3) is 0 Å². The van der Waals surface area contributed by atoms with Crippen molar-refractivity contribution >= 4 is 21.6 Å². The molecule has 18 heavy (non-hydrogen) atoms. The first-order valence-corrected chi connectivity index (χ1v) is 7.63. The molecule has 0 aliphatic carbocycles. The van der Waals surface area contributed by atoms with E-state index < -0.39 is 16.1 Å². The van der Waals surface area contributed by atoms with Crippen LogP contribution in [0.4, 0.5) is 0 Å². The van der Waals surface area contributed by atoms with Crippen molar-refractivity contribution in [1.82, 2.24) is 4.72 Å². The molecule has 0 fully saturated rings. The average molecular weight is 292 g/mol. The van der Waals surface area contributed by atoms with Crippen LogP contribution < -0.4 is 4.72 Å². The molecule has 4 nitrogen and oxygen atoms in total. The normalized spacial score (nSPS) is 13.6. The quantitative estimate of drug-likeness (QED) is 0.789. The van der Waals surface area contributed by atoms with Crippen LogP contribution in [0.2, 0.25) is 5.02 Å². The van der Waals surface area contributed by atoms with Gasteiger partial charge in [0.1, 0.15) is 0 Å². The third-order valence-electron chi connectivity index (χ3n) is 2.53. The number of hydrogen-bond acceptors (Lipinski definition) is 3. The Hall–Kier alpha value is -0.620. The minimum absolute atomic E-state index is 0.201. The first-order chi connectivity index (χ1) is 8.33. The van der Waals surface area contributed by atoms with Gasteiger partial charge in [-0.2, -0.15) is 0 Å². The van der Waals surface area contributed by atoms with Crippen LogP contribution >= 0.6 is 11.6 Å². The summed E-state index contributed by atoms with van der Waals surface area (Å²) in [7, 11) is -3.53. The Bertz CT molecular complexity index is 500. The van der Waals surface area contributed by atoms with Gasteiger partial charge in [-0.3, -0.25) is 0 Å². The minimum Gasteiger partial charge on any atom is -0.393 e. The van der Waals surface area contributed by atoms with E-state index >= 15 is 0 Å². The van der Waals surface area contributed by atoms with Gasteiger partial charge in [-0.1, -0.05) is 17.7 Å². The van der Waals surface area contributed by atoms with Crippen LogP contribution in [-0.2, 0) is 10.0 Å². The minimum atomic E-state index is -3.53. The lowest BCUT2D eigenvalue weighted by molar-refractivity contribution is 0.182. The largest absolute Gasteiger partial charge is 0.393 e. The fourth-order valence-electron chi connectivity index (χ4n) is 1.55. The van der Waals surface area contributed by atoms with Crippen molar-refractivity contribution in [1.29, 1.82) is 0 Å². The Morgan fingerprint density at radius 2 is 2.11 bits per heavy atom. The number of hydrogen-bond donors (Lipinski definition) is 2. The Kier molecular flexibility index (Phi) is 5.59. The molecule has 1 unspecified atom stereocenters. The number of aliphatic hydroxyl groups is 1. The van der Waals surface area contributed by atoms with Crippen LogP contribution in [0.3, 0.4) is 0 Å². The van der Waals surface area contributed by atoms with Gasteiger partial charge >= 0.3 is 0 Å². The first-order valence-electron chi connectivity index (χ1n) is 5.77. The van der Waals surface area contributed by atoms with E-state index in [9.17, 15) is 8.42 Å². The smallest absolute Gasteiger partial charge is 0.240 e. The first kappa shape index (κ1) is 15.4. The molecule has 6 heteroatoms. The molecule has 1 rings (SSSR count). The number of aliphatic hydroxyl groups excluding tert-OH is 1. The summed E-state index contributed by atoms with van der Waals surface area (Å²) in [6, 6.07) is 4.77. The number of nitrogens with one attached hydrogen (secondary N) is 1. The summed E-state index contributed by atoms with van der Waals surface area (Å²) in [5.41, 5.74) is 0.655. The molecule has 0 saturated heterocycles. The summed E-state index contributed by atoms with van der Waals surface area (Å²) in [5, 5.41) is 9.48. The number of benzene rings is 1. The molecule has 0 amide bonds. The maximum Gasteiger partial charge on any atom is 0.240 e. The fraction of sp³-hybridized carbons (Fsp3) is 0.500. The standard InChI is InChI=1S/C12H18ClNO3S/c1-9-5-6-11(13)8-12(9)18(16,17)14-7-3-4-10(2)15/h5-6,8,10,14-15H,3-4,7H2,1-2H3. The van der Waals surface area contributed by atoms with Crippen molar-refractivity contribution in [3.8, 4) is 0 Å². The molecule has 0 aliphatic heterocycles. The van der Waals surface area contributed by atoms with E-state index in [-0.39, 0.29) is 4.90 Å². The Morgan fingerprint density at radius 1 is 1.44 bits per heavy atom. The van der Waals surface area contributed by atoms with E-state index in [1.165, 1.54) is 6.07 Å². The van der Waals surface area contributed by atoms with Crippen LogP contribution in [0.1, 0.15) is 25.3 Å². The maximum atomic E-state index is 12.0. The molecule has 1 aromatic rings. The molecule has 0 radical (unpaired) electrons. The van der Waals surface area contributed by atoms with Gasteiger partial charge in [-0.05, 0) is 44.4 Å². The highest BCUT2D eigenvalue weighted by Gasteiger charge is 2.16. The predicted molar refractivity (Wildman–Crippen MR) is 72.3 cm³/mol. The molecule has 0 heterocycles. The Labute approximate surface area is 113 Å². The van der Waals surface area contributed by atoms with Crippen molar-refractivity contribution in [3.63, 3.8) is 0 Å². The molecule has 0 spiro atoms. The van der Waals surface area contributed by atoms with Gasteiger partial charge < -0.3 is 5.11 Å². The highest BCUT2D eigenvalue weighted by molar-refractivity contribution is 7.89. The predicted octanol–water partition coefficient (Wildman–Crippen LogP) is 2.09. The molecule has 2 N–H and O–H groups in total. The second-order valence-electron chi connectivity index (χ2n) is 4.30. The zero-order valence-corrected chi connectivity index (χ0v) is 12.1. The van der Waals surface area contributed by atoms with E-state index in [0.29, 0.717) is 30.0 Å². The van der Waals surface area contributed by atoms with Crippen molar-refractivity contribution in [2.75, 3.05) is 6.54 Å². The van der Waals surface area contributed by atoms with E-state index in [1.807, 2.05) is 0 Å². The van der Waals surface area contributed by atoms with E-state index in [2.05, 4.69) is 4.72 Å². The van der Waals surface area contributed by atoms with Crippen LogP contribution in [0.5, 0.6) is 0 Å². The molecule has 1 aromatic carbocycles. The SMILES string of the molecule is Cc1ccc(Cl)cc1S(=O)(=O)NCCCC(C)O. The molecule has 0 aliphatic rings. The second-order valence-corrected chi connectivity index (χ2v) is 6.47. The number of halogens is 1. The summed E-state index contributed by atoms with van der Waals surface area (Å²) >= 11 is 5.80. The topological polar surface area (TPSA) is 66.4 Å². The van der Waals surface area contributed by atoms with Crippen molar-refractivity contribution in [2.45, 2.75) is 37.7 Å². The van der Waals surface area contributed by atoms with Crippen LogP contribution in [-0.4, -0.2) is 26.2 Å². The maximum absolute atomic E-state index is 12.0. The third-order valence-corrected chi connectivity index (χ3v) is 4.37. The summed E-state index contributed by atoms with van der Waals surface area (Å²) in [6.07, 6.45) is 0.746. The average Bonchev–Trinajstić information content (AvgIpc) is 2.27. The second kappa shape index (κ2) is 6.52. The molecular formula is C12H18ClNO3S. The molecule has 102 valence electrons. The van der Waals surface area contributed by atoms with Gasteiger partial charge in [0.15, 0.2) is 0 Å². The van der Waals surface area contributed by atoms with E-state index in [1.54, 1.807) is 26.0 Å². The lowest BCUT2D eigenvalue weighted by Gasteiger charge is -2.10. The van der Waals surface area contributed by atoms with Crippen LogP contribution in [0, 0.1) is 6.92 Å². The van der Waals surface area contributed by atoms with E-state index in [0.717, 1.165) is 0 Å². The summed E-state index contributed by atoms with van der Waals surface area (Å²) in [5.74, 6) is 0. The summed E-state index contributed by atoms with van der Waals surface area (Å²) < 4.78 is 26.5. The van der Waals surface area contributed by atoms with Gasteiger partial charge in [0.2, 0.25) is 10.0 Å². The summed E-state index contributed by atoms with van der Waals surface area (Å²) in [6.45, 7) is 3.70. The molecular weight excluding hydrogens is 274 g/mol. The van der Waals surface area contributed by atoms with Crippen molar-refractivity contribution < 1.29 is 13.5 Å². The van der Waals surface area contributed by atoms with Crippen molar-refractivity contribution in [2.24, 2.45) is 0 Å². The molecule has 0 bridgehead atoms. The van der Waals surface area contributed by atoms with Gasteiger partial charge in [-0.25, -0.2) is 13.1 Å². The zero-order valence-electron chi connectivity index (χ0n) is 10.5. The zero-order chi connectivity index (χ0) is 13.8.